The van der Waals surface area contributed by atoms with E-state index in [1.54, 1.807) is 31.2 Å². The molecule has 0 radical (unpaired) electrons. The van der Waals surface area contributed by atoms with E-state index in [0.29, 0.717) is 23.0 Å². The quantitative estimate of drug-likeness (QED) is 0.289. The van der Waals surface area contributed by atoms with Crippen molar-refractivity contribution >= 4 is 50.7 Å². The van der Waals surface area contributed by atoms with Gasteiger partial charge in [-0.05, 0) is 49.1 Å². The number of aromatic nitrogens is 2. The van der Waals surface area contributed by atoms with Crippen molar-refractivity contribution < 1.29 is 23.9 Å². The van der Waals surface area contributed by atoms with E-state index in [4.69, 9.17) is 9.47 Å². The lowest BCUT2D eigenvalue weighted by molar-refractivity contribution is -0.147. The first-order valence-corrected chi connectivity index (χ1v) is 12.1. The first kappa shape index (κ1) is 24.8. The molecule has 4 aromatic rings. The summed E-state index contributed by atoms with van der Waals surface area (Å²) in [5.74, 6) is 0.0919. The highest BCUT2D eigenvalue weighted by Gasteiger charge is 2.11. The Labute approximate surface area is 211 Å². The number of anilines is 2. The second-order valence-corrected chi connectivity index (χ2v) is 9.02. The number of aryl methyl sites for hydroxylation is 1. The second kappa shape index (κ2) is 11.9. The van der Waals surface area contributed by atoms with E-state index < -0.39 is 18.5 Å². The van der Waals surface area contributed by atoms with E-state index in [-0.39, 0.29) is 18.7 Å². The lowest BCUT2D eigenvalue weighted by atomic mass is 10.1. The van der Waals surface area contributed by atoms with Gasteiger partial charge in [0.05, 0.1) is 0 Å². The summed E-state index contributed by atoms with van der Waals surface area (Å²) in [7, 11) is 0. The number of rotatable bonds is 10. The number of esters is 1. The normalized spacial score (nSPS) is 10.6. The number of nitrogens with zero attached hydrogens (tertiary/aromatic N) is 2. The van der Waals surface area contributed by atoms with Gasteiger partial charge in [0.25, 0.3) is 5.91 Å². The molecule has 0 unspecified atom stereocenters. The summed E-state index contributed by atoms with van der Waals surface area (Å²) in [6.07, 6.45) is 0.450. The molecule has 2 N–H and O–H groups in total. The minimum Gasteiger partial charge on any atom is -0.457 e. The van der Waals surface area contributed by atoms with E-state index in [9.17, 15) is 14.4 Å². The minimum atomic E-state index is -0.552. The van der Waals surface area contributed by atoms with Crippen LogP contribution in [0.3, 0.4) is 0 Å². The number of hydrogen-bond acceptors (Lipinski definition) is 8. The number of carbonyl (C=O) groups is 3. The average Bonchev–Trinajstić information content (AvgIpc) is 3.28. The van der Waals surface area contributed by atoms with E-state index in [1.165, 1.54) is 11.3 Å². The van der Waals surface area contributed by atoms with Crippen molar-refractivity contribution in [3.8, 4) is 11.5 Å². The third-order valence-electron chi connectivity index (χ3n) is 5.04. The topological polar surface area (TPSA) is 120 Å². The van der Waals surface area contributed by atoms with Crippen molar-refractivity contribution in [3.05, 3.63) is 71.7 Å². The molecule has 1 heterocycles. The predicted molar refractivity (Wildman–Crippen MR) is 137 cm³/mol. The zero-order valence-electron chi connectivity index (χ0n) is 19.5. The largest absolute Gasteiger partial charge is 0.457 e. The number of hydrogen-bond donors (Lipinski definition) is 2. The van der Waals surface area contributed by atoms with Crippen LogP contribution in [-0.2, 0) is 19.1 Å². The van der Waals surface area contributed by atoms with E-state index >= 15 is 0 Å². The summed E-state index contributed by atoms with van der Waals surface area (Å²) >= 11 is 1.27. The Kier molecular flexibility index (Phi) is 8.20. The molecule has 10 heteroatoms. The summed E-state index contributed by atoms with van der Waals surface area (Å²) in [6, 6.07) is 20.7. The summed E-state index contributed by atoms with van der Waals surface area (Å²) in [4.78, 5) is 35.9. The molecule has 184 valence electrons. The van der Waals surface area contributed by atoms with Crippen molar-refractivity contribution in [1.82, 2.24) is 10.2 Å². The van der Waals surface area contributed by atoms with Gasteiger partial charge in [-0.3, -0.25) is 14.4 Å². The Balaban J connectivity index is 1.17. The van der Waals surface area contributed by atoms with Crippen molar-refractivity contribution in [3.63, 3.8) is 0 Å². The predicted octanol–water partition coefficient (Wildman–Crippen LogP) is 5.08. The van der Waals surface area contributed by atoms with Gasteiger partial charge >= 0.3 is 5.97 Å². The molecule has 1 aromatic heterocycles. The molecular weight excluding hydrogens is 480 g/mol. The third kappa shape index (κ3) is 7.09. The fraction of sp³-hybridized carbons (Fsp3) is 0.192. The van der Waals surface area contributed by atoms with Crippen LogP contribution < -0.4 is 15.4 Å². The fourth-order valence-electron chi connectivity index (χ4n) is 3.36. The van der Waals surface area contributed by atoms with Crippen molar-refractivity contribution in [1.29, 1.82) is 0 Å². The molecule has 0 aliphatic carbocycles. The van der Waals surface area contributed by atoms with Crippen molar-refractivity contribution in [2.75, 3.05) is 17.2 Å². The van der Waals surface area contributed by atoms with Gasteiger partial charge in [-0.25, -0.2) is 0 Å². The number of carbonyl (C=O) groups excluding carboxylic acids is 3. The maximum atomic E-state index is 12.1. The molecule has 2 amide bonds. The van der Waals surface area contributed by atoms with Gasteiger partial charge in [-0.1, -0.05) is 47.7 Å². The number of amides is 2. The monoisotopic (exact) mass is 504 g/mol. The Morgan fingerprint density at radius 3 is 2.42 bits per heavy atom. The maximum Gasteiger partial charge on any atom is 0.306 e. The fourth-order valence-corrected chi connectivity index (χ4v) is 3.96. The van der Waals surface area contributed by atoms with Crippen LogP contribution in [0.15, 0.2) is 66.7 Å². The molecule has 0 fully saturated rings. The molecule has 0 saturated heterocycles. The Morgan fingerprint density at radius 1 is 0.861 bits per heavy atom. The second-order valence-electron chi connectivity index (χ2n) is 7.84. The van der Waals surface area contributed by atoms with Gasteiger partial charge in [0, 0.05) is 23.9 Å². The molecule has 0 spiro atoms. The number of benzene rings is 3. The van der Waals surface area contributed by atoms with Crippen LogP contribution >= 0.6 is 11.3 Å². The van der Waals surface area contributed by atoms with Crippen LogP contribution in [0.5, 0.6) is 11.5 Å². The summed E-state index contributed by atoms with van der Waals surface area (Å²) < 4.78 is 11.0. The lowest BCUT2D eigenvalue weighted by Gasteiger charge is -2.10. The van der Waals surface area contributed by atoms with Gasteiger partial charge in [-0.15, -0.1) is 10.2 Å². The van der Waals surface area contributed by atoms with Crippen molar-refractivity contribution in [2.45, 2.75) is 26.2 Å². The number of nitrogens with one attached hydrogen (secondary N) is 2. The van der Waals surface area contributed by atoms with E-state index in [0.717, 1.165) is 21.5 Å². The Bertz CT molecular complexity index is 1370. The van der Waals surface area contributed by atoms with Crippen LogP contribution in [-0.4, -0.2) is 34.6 Å². The highest BCUT2D eigenvalue weighted by molar-refractivity contribution is 7.15. The molecule has 9 nitrogen and oxygen atoms in total. The molecule has 0 aliphatic heterocycles. The Morgan fingerprint density at radius 2 is 1.64 bits per heavy atom. The zero-order valence-corrected chi connectivity index (χ0v) is 20.3. The summed E-state index contributed by atoms with van der Waals surface area (Å²) in [5.41, 5.74) is 0.546. The van der Waals surface area contributed by atoms with Gasteiger partial charge in [-0.2, -0.15) is 0 Å². The van der Waals surface area contributed by atoms with Crippen LogP contribution in [0.25, 0.3) is 10.8 Å². The van der Waals surface area contributed by atoms with Crippen LogP contribution in [0.4, 0.5) is 10.8 Å². The van der Waals surface area contributed by atoms with Gasteiger partial charge < -0.3 is 20.1 Å². The number of ether oxygens (including phenoxy) is 2. The first-order chi connectivity index (χ1) is 17.5. The molecule has 0 atom stereocenters. The SMILES string of the molecule is Cc1nnc(NC(=O)CCCC(=O)OCC(=O)Nc2ccc(Oc3cccc4ccccc34)cc2)s1. The smallest absolute Gasteiger partial charge is 0.306 e. The molecule has 3 aromatic carbocycles. The highest BCUT2D eigenvalue weighted by Crippen LogP contribution is 2.30. The average molecular weight is 505 g/mol. The van der Waals surface area contributed by atoms with Crippen molar-refractivity contribution in [2.24, 2.45) is 0 Å². The number of fused-ring (bicyclic) bond motifs is 1. The van der Waals surface area contributed by atoms with Gasteiger partial charge in [0.15, 0.2) is 6.61 Å². The van der Waals surface area contributed by atoms with Crippen LogP contribution in [0.1, 0.15) is 24.3 Å². The maximum absolute atomic E-state index is 12.1. The standard InChI is InChI=1S/C26H24N4O5S/c1-17-29-30-26(36-17)28-23(31)10-5-11-25(33)34-16-24(32)27-19-12-14-20(15-13-19)35-22-9-4-7-18-6-2-3-8-21(18)22/h2-4,6-9,12-15H,5,10-11,16H2,1H3,(H,27,32)(H,28,30,31). The van der Waals surface area contributed by atoms with Crippen LogP contribution in [0, 0.1) is 6.92 Å². The third-order valence-corrected chi connectivity index (χ3v) is 5.79. The first-order valence-electron chi connectivity index (χ1n) is 11.3. The molecule has 36 heavy (non-hydrogen) atoms. The molecular formula is C26H24N4O5S. The molecule has 0 aliphatic rings. The molecule has 4 rings (SSSR count). The highest BCUT2D eigenvalue weighted by atomic mass is 32.1. The van der Waals surface area contributed by atoms with Gasteiger partial charge in [0.1, 0.15) is 16.5 Å². The zero-order chi connectivity index (χ0) is 25.3. The van der Waals surface area contributed by atoms with E-state index in [1.807, 2.05) is 42.5 Å². The van der Waals surface area contributed by atoms with E-state index in [2.05, 4.69) is 20.8 Å². The van der Waals surface area contributed by atoms with Crippen LogP contribution in [0.2, 0.25) is 0 Å². The summed E-state index contributed by atoms with van der Waals surface area (Å²) in [5, 5.41) is 16.2. The lowest BCUT2D eigenvalue weighted by Crippen LogP contribution is -2.21. The molecule has 0 saturated carbocycles. The summed E-state index contributed by atoms with van der Waals surface area (Å²) in [6.45, 7) is 1.37. The molecule has 0 bridgehead atoms. The minimum absolute atomic E-state index is 0.0239. The Hall–Kier alpha value is -4.31. The van der Waals surface area contributed by atoms with Gasteiger partial charge in [0.2, 0.25) is 11.0 Å².